The number of aliphatic hydroxyl groups excluding tert-OH is 1. The van der Waals surface area contributed by atoms with Gasteiger partial charge in [0.15, 0.2) is 5.82 Å². The van der Waals surface area contributed by atoms with Crippen molar-refractivity contribution in [2.45, 2.75) is 26.7 Å². The lowest BCUT2D eigenvalue weighted by molar-refractivity contribution is 0.248. The smallest absolute Gasteiger partial charge is 0.224 e. The lowest BCUT2D eigenvalue weighted by Crippen LogP contribution is -2.24. The molecule has 0 aromatic carbocycles. The minimum Gasteiger partial charge on any atom is -0.396 e. The van der Waals surface area contributed by atoms with E-state index in [4.69, 9.17) is 16.7 Å². The average Bonchev–Trinajstić information content (AvgIpc) is 2.35. The first-order valence-corrected chi connectivity index (χ1v) is 6.41. The van der Waals surface area contributed by atoms with Crippen molar-refractivity contribution in [3.05, 3.63) is 11.2 Å². The van der Waals surface area contributed by atoms with E-state index in [1.807, 2.05) is 0 Å². The monoisotopic (exact) mass is 272 g/mol. The van der Waals surface area contributed by atoms with Gasteiger partial charge in [-0.05, 0) is 18.3 Å². The molecule has 0 aliphatic rings. The van der Waals surface area contributed by atoms with Gasteiger partial charge in [-0.25, -0.2) is 4.98 Å². The van der Waals surface area contributed by atoms with E-state index in [1.165, 1.54) is 0 Å². The second-order valence-electron chi connectivity index (χ2n) is 4.99. The third-order valence-corrected chi connectivity index (χ3v) is 2.99. The van der Waals surface area contributed by atoms with Crippen molar-refractivity contribution in [1.82, 2.24) is 9.97 Å². The number of anilines is 2. The fourth-order valence-corrected chi connectivity index (χ4v) is 1.74. The predicted molar refractivity (Wildman–Crippen MR) is 75.2 cm³/mol. The van der Waals surface area contributed by atoms with E-state index in [9.17, 15) is 0 Å². The molecule has 1 rings (SSSR count). The molecular formula is C12H21ClN4O. The molecule has 18 heavy (non-hydrogen) atoms. The second kappa shape index (κ2) is 6.75. The van der Waals surface area contributed by atoms with E-state index >= 15 is 0 Å². The standard InChI is InChI=1S/C12H21ClN4O/c1-12(2,5-4-6-18)8-16-10-9(13)7-15-11(14-3)17-10/h7,18H,4-6,8H2,1-3H3,(H2,14,15,16,17). The molecule has 0 saturated carbocycles. The third-order valence-electron chi connectivity index (χ3n) is 2.71. The van der Waals surface area contributed by atoms with Gasteiger partial charge >= 0.3 is 0 Å². The van der Waals surface area contributed by atoms with Crippen molar-refractivity contribution < 1.29 is 5.11 Å². The van der Waals surface area contributed by atoms with E-state index in [1.54, 1.807) is 13.2 Å². The Labute approximate surface area is 113 Å². The van der Waals surface area contributed by atoms with Gasteiger partial charge in [0.1, 0.15) is 5.02 Å². The molecule has 0 unspecified atom stereocenters. The molecule has 0 fully saturated rings. The van der Waals surface area contributed by atoms with Crippen LogP contribution in [-0.2, 0) is 0 Å². The number of aromatic nitrogens is 2. The van der Waals surface area contributed by atoms with Crippen LogP contribution in [0, 0.1) is 5.41 Å². The van der Waals surface area contributed by atoms with Gasteiger partial charge in [-0.3, -0.25) is 0 Å². The summed E-state index contributed by atoms with van der Waals surface area (Å²) in [5.74, 6) is 1.17. The molecule has 5 nitrogen and oxygen atoms in total. The van der Waals surface area contributed by atoms with E-state index < -0.39 is 0 Å². The summed E-state index contributed by atoms with van der Waals surface area (Å²) >= 11 is 6.03. The van der Waals surface area contributed by atoms with Crippen molar-refractivity contribution in [3.63, 3.8) is 0 Å². The summed E-state index contributed by atoms with van der Waals surface area (Å²) in [4.78, 5) is 8.28. The Morgan fingerprint density at radius 1 is 1.44 bits per heavy atom. The maximum absolute atomic E-state index is 8.86. The van der Waals surface area contributed by atoms with E-state index in [0.29, 0.717) is 16.8 Å². The molecule has 6 heteroatoms. The minimum atomic E-state index is 0.0802. The van der Waals surface area contributed by atoms with E-state index in [2.05, 4.69) is 34.4 Å². The van der Waals surface area contributed by atoms with Gasteiger partial charge in [0.05, 0.1) is 6.20 Å². The molecular weight excluding hydrogens is 252 g/mol. The van der Waals surface area contributed by atoms with Crippen molar-refractivity contribution in [1.29, 1.82) is 0 Å². The van der Waals surface area contributed by atoms with Crippen LogP contribution in [0.25, 0.3) is 0 Å². The second-order valence-corrected chi connectivity index (χ2v) is 5.39. The van der Waals surface area contributed by atoms with Crippen molar-refractivity contribution >= 4 is 23.4 Å². The summed E-state index contributed by atoms with van der Waals surface area (Å²) in [6.45, 7) is 5.25. The molecule has 0 aliphatic heterocycles. The molecule has 0 amide bonds. The van der Waals surface area contributed by atoms with Crippen LogP contribution >= 0.6 is 11.6 Å². The van der Waals surface area contributed by atoms with Gasteiger partial charge in [0.2, 0.25) is 5.95 Å². The first-order chi connectivity index (χ1) is 8.48. The van der Waals surface area contributed by atoms with Gasteiger partial charge in [-0.1, -0.05) is 25.4 Å². The molecule has 102 valence electrons. The number of hydrogen-bond donors (Lipinski definition) is 3. The van der Waals surface area contributed by atoms with Crippen molar-refractivity contribution in [3.8, 4) is 0 Å². The van der Waals surface area contributed by atoms with Gasteiger partial charge < -0.3 is 15.7 Å². The highest BCUT2D eigenvalue weighted by Gasteiger charge is 2.18. The van der Waals surface area contributed by atoms with Crippen LogP contribution < -0.4 is 10.6 Å². The number of halogens is 1. The van der Waals surface area contributed by atoms with Crippen LogP contribution in [0.2, 0.25) is 5.02 Å². The number of nitrogens with one attached hydrogen (secondary N) is 2. The molecule has 1 heterocycles. The van der Waals surface area contributed by atoms with Gasteiger partial charge in [-0.2, -0.15) is 4.98 Å². The zero-order valence-corrected chi connectivity index (χ0v) is 11.9. The Hall–Kier alpha value is -1.07. The van der Waals surface area contributed by atoms with E-state index in [-0.39, 0.29) is 12.0 Å². The number of hydrogen-bond acceptors (Lipinski definition) is 5. The maximum atomic E-state index is 8.86. The quantitative estimate of drug-likeness (QED) is 0.711. The number of aliphatic hydroxyl groups is 1. The SMILES string of the molecule is CNc1ncc(Cl)c(NCC(C)(C)CCCO)n1. The Balaban J connectivity index is 2.62. The molecule has 0 atom stereocenters. The first-order valence-electron chi connectivity index (χ1n) is 6.03. The largest absolute Gasteiger partial charge is 0.396 e. The summed E-state index contributed by atoms with van der Waals surface area (Å²) in [6.07, 6.45) is 3.31. The molecule has 0 saturated heterocycles. The molecule has 0 bridgehead atoms. The molecule has 3 N–H and O–H groups in total. The lowest BCUT2D eigenvalue weighted by Gasteiger charge is -2.25. The minimum absolute atomic E-state index is 0.0802. The highest BCUT2D eigenvalue weighted by atomic mass is 35.5. The van der Waals surface area contributed by atoms with Gasteiger partial charge in [-0.15, -0.1) is 0 Å². The third kappa shape index (κ3) is 4.66. The number of rotatable bonds is 7. The predicted octanol–water partition coefficient (Wildman–Crippen LogP) is 2.38. The maximum Gasteiger partial charge on any atom is 0.224 e. The summed E-state index contributed by atoms with van der Waals surface area (Å²) in [5, 5.41) is 15.5. The van der Waals surface area contributed by atoms with Crippen LogP contribution in [0.5, 0.6) is 0 Å². The zero-order valence-electron chi connectivity index (χ0n) is 11.1. The van der Waals surface area contributed by atoms with Gasteiger partial charge in [0, 0.05) is 20.2 Å². The summed E-state index contributed by atoms with van der Waals surface area (Å²) in [5.41, 5.74) is 0.0802. The topological polar surface area (TPSA) is 70.1 Å². The van der Waals surface area contributed by atoms with Crippen LogP contribution in [0.15, 0.2) is 6.20 Å². The molecule has 0 radical (unpaired) electrons. The Morgan fingerprint density at radius 3 is 2.78 bits per heavy atom. The zero-order chi connectivity index (χ0) is 13.6. The van der Waals surface area contributed by atoms with Gasteiger partial charge in [0.25, 0.3) is 0 Å². The Kier molecular flexibility index (Phi) is 5.62. The highest BCUT2D eigenvalue weighted by Crippen LogP contribution is 2.25. The van der Waals surface area contributed by atoms with Crippen molar-refractivity contribution in [2.75, 3.05) is 30.8 Å². The number of nitrogens with zero attached hydrogens (tertiary/aromatic N) is 2. The summed E-state index contributed by atoms with van der Waals surface area (Å²) < 4.78 is 0. The fraction of sp³-hybridized carbons (Fsp3) is 0.667. The van der Waals surface area contributed by atoms with Crippen LogP contribution in [0.4, 0.5) is 11.8 Å². The Morgan fingerprint density at radius 2 is 2.17 bits per heavy atom. The lowest BCUT2D eigenvalue weighted by atomic mass is 9.88. The highest BCUT2D eigenvalue weighted by molar-refractivity contribution is 6.32. The molecule has 1 aromatic heterocycles. The first kappa shape index (κ1) is 15.0. The molecule has 1 aromatic rings. The summed E-state index contributed by atoms with van der Waals surface area (Å²) in [6, 6.07) is 0. The Bertz CT molecular complexity index is 384. The van der Waals surface area contributed by atoms with Crippen molar-refractivity contribution in [2.24, 2.45) is 5.41 Å². The fourth-order valence-electron chi connectivity index (χ4n) is 1.58. The molecule has 0 aliphatic carbocycles. The van der Waals surface area contributed by atoms with Crippen LogP contribution in [-0.4, -0.2) is 35.3 Å². The average molecular weight is 273 g/mol. The van der Waals surface area contributed by atoms with E-state index in [0.717, 1.165) is 19.4 Å². The summed E-state index contributed by atoms with van der Waals surface area (Å²) in [7, 11) is 1.76. The molecule has 0 spiro atoms. The van der Waals surface area contributed by atoms with Crippen LogP contribution in [0.1, 0.15) is 26.7 Å². The van der Waals surface area contributed by atoms with Crippen LogP contribution in [0.3, 0.4) is 0 Å². The normalized spacial score (nSPS) is 11.4.